The third-order valence-corrected chi connectivity index (χ3v) is 5.52. The quantitative estimate of drug-likeness (QED) is 0.582. The lowest BCUT2D eigenvalue weighted by atomic mass is 10.1. The number of aromatic nitrogens is 2. The Morgan fingerprint density at radius 2 is 1.76 bits per heavy atom. The van der Waals surface area contributed by atoms with E-state index in [1.807, 2.05) is 37.3 Å². The van der Waals surface area contributed by atoms with Crippen molar-refractivity contribution in [3.8, 4) is 5.69 Å². The molecule has 1 aromatic heterocycles. The predicted octanol–water partition coefficient (Wildman–Crippen LogP) is 2.77. The molecule has 2 aromatic carbocycles. The van der Waals surface area contributed by atoms with Crippen LogP contribution in [0.5, 0.6) is 0 Å². The minimum Gasteiger partial charge on any atom is -0.294 e. The van der Waals surface area contributed by atoms with Crippen molar-refractivity contribution >= 4 is 15.7 Å². The van der Waals surface area contributed by atoms with E-state index >= 15 is 0 Å². The summed E-state index contributed by atoms with van der Waals surface area (Å²) >= 11 is 0. The van der Waals surface area contributed by atoms with Crippen molar-refractivity contribution in [2.75, 3.05) is 0 Å². The fourth-order valence-corrected chi connectivity index (χ4v) is 3.63. The zero-order chi connectivity index (χ0) is 21.0. The van der Waals surface area contributed by atoms with Crippen molar-refractivity contribution in [1.29, 1.82) is 0 Å². The number of primary sulfonamides is 1. The SMILES string of the molecule is CCCc1[nH]n(-c2ccccc2)c(=O)c1C(C)=NCc1ccc(S(N)(=O)=O)cc1. The first-order valence-electron chi connectivity index (χ1n) is 9.33. The van der Waals surface area contributed by atoms with Gasteiger partial charge in [0.05, 0.1) is 22.7 Å². The van der Waals surface area contributed by atoms with Crippen LogP contribution in [0, 0.1) is 0 Å². The highest BCUT2D eigenvalue weighted by Gasteiger charge is 2.17. The number of nitrogens with zero attached hydrogens (tertiary/aromatic N) is 2. The van der Waals surface area contributed by atoms with Crippen LogP contribution in [-0.2, 0) is 23.0 Å². The Labute approximate surface area is 169 Å². The minimum absolute atomic E-state index is 0.0589. The Hall–Kier alpha value is -2.97. The summed E-state index contributed by atoms with van der Waals surface area (Å²) in [6.07, 6.45) is 1.63. The number of benzene rings is 2. The predicted molar refractivity (Wildman–Crippen MR) is 114 cm³/mol. The van der Waals surface area contributed by atoms with E-state index in [0.717, 1.165) is 29.8 Å². The van der Waals surface area contributed by atoms with Gasteiger partial charge < -0.3 is 0 Å². The Morgan fingerprint density at radius 1 is 1.10 bits per heavy atom. The van der Waals surface area contributed by atoms with Crippen LogP contribution in [0.3, 0.4) is 0 Å². The summed E-state index contributed by atoms with van der Waals surface area (Å²) < 4.78 is 24.3. The third kappa shape index (κ3) is 4.72. The molecular weight excluding hydrogens is 388 g/mol. The molecule has 0 aliphatic rings. The minimum atomic E-state index is -3.72. The molecule has 7 nitrogen and oxygen atoms in total. The van der Waals surface area contributed by atoms with Crippen molar-refractivity contribution in [1.82, 2.24) is 9.78 Å². The maximum atomic E-state index is 13.0. The van der Waals surface area contributed by atoms with Gasteiger partial charge in [-0.3, -0.25) is 14.9 Å². The van der Waals surface area contributed by atoms with Crippen LogP contribution < -0.4 is 10.7 Å². The highest BCUT2D eigenvalue weighted by molar-refractivity contribution is 7.89. The summed E-state index contributed by atoms with van der Waals surface area (Å²) in [4.78, 5) is 17.7. The molecule has 0 saturated heterocycles. The number of aliphatic imine (C=N–C) groups is 1. The molecule has 0 aliphatic heterocycles. The highest BCUT2D eigenvalue weighted by atomic mass is 32.2. The molecule has 0 amide bonds. The molecule has 0 fully saturated rings. The summed E-state index contributed by atoms with van der Waals surface area (Å²) in [6, 6.07) is 15.7. The van der Waals surface area contributed by atoms with Crippen LogP contribution in [0.2, 0.25) is 0 Å². The molecule has 0 bridgehead atoms. The van der Waals surface area contributed by atoms with Gasteiger partial charge in [-0.25, -0.2) is 18.2 Å². The lowest BCUT2D eigenvalue weighted by molar-refractivity contribution is 0.598. The van der Waals surface area contributed by atoms with E-state index < -0.39 is 10.0 Å². The van der Waals surface area contributed by atoms with Crippen molar-refractivity contribution in [2.45, 2.75) is 38.1 Å². The lowest BCUT2D eigenvalue weighted by Gasteiger charge is -2.03. The Bertz CT molecular complexity index is 1170. The van der Waals surface area contributed by atoms with E-state index in [1.54, 1.807) is 16.8 Å². The number of rotatable bonds is 7. The fraction of sp³-hybridized carbons (Fsp3) is 0.238. The number of hydrogen-bond acceptors (Lipinski definition) is 4. The molecule has 3 rings (SSSR count). The number of nitrogens with one attached hydrogen (secondary N) is 1. The molecule has 0 aliphatic carbocycles. The van der Waals surface area contributed by atoms with Gasteiger partial charge in [-0.2, -0.15) is 0 Å². The average molecular weight is 413 g/mol. The second kappa shape index (κ2) is 8.59. The van der Waals surface area contributed by atoms with Crippen molar-refractivity contribution in [3.05, 3.63) is 81.8 Å². The van der Waals surface area contributed by atoms with Crippen LogP contribution >= 0.6 is 0 Å². The number of H-pyrrole nitrogens is 1. The van der Waals surface area contributed by atoms with Gasteiger partial charge in [0.2, 0.25) is 10.0 Å². The normalized spacial score (nSPS) is 12.3. The summed E-state index contributed by atoms with van der Waals surface area (Å²) in [7, 11) is -3.72. The number of nitrogens with two attached hydrogens (primary N) is 1. The monoisotopic (exact) mass is 412 g/mol. The maximum absolute atomic E-state index is 13.0. The van der Waals surface area contributed by atoms with Crippen LogP contribution in [-0.4, -0.2) is 23.9 Å². The maximum Gasteiger partial charge on any atom is 0.280 e. The summed E-state index contributed by atoms with van der Waals surface area (Å²) in [5, 5.41) is 8.33. The van der Waals surface area contributed by atoms with Gasteiger partial charge in [-0.15, -0.1) is 0 Å². The van der Waals surface area contributed by atoms with E-state index in [2.05, 4.69) is 17.0 Å². The van der Waals surface area contributed by atoms with Gasteiger partial charge in [-0.1, -0.05) is 43.7 Å². The molecule has 0 unspecified atom stereocenters. The zero-order valence-corrected chi connectivity index (χ0v) is 17.2. The molecule has 3 N–H and O–H groups in total. The first-order chi connectivity index (χ1) is 13.8. The summed E-state index contributed by atoms with van der Waals surface area (Å²) in [6.45, 7) is 4.21. The first kappa shape index (κ1) is 20.8. The summed E-state index contributed by atoms with van der Waals surface area (Å²) in [5.74, 6) is 0. The van der Waals surface area contributed by atoms with Crippen LogP contribution in [0.15, 0.2) is 69.3 Å². The third-order valence-electron chi connectivity index (χ3n) is 4.59. The fourth-order valence-electron chi connectivity index (χ4n) is 3.12. The Balaban J connectivity index is 1.92. The van der Waals surface area contributed by atoms with Crippen LogP contribution in [0.25, 0.3) is 5.69 Å². The van der Waals surface area contributed by atoms with E-state index in [1.165, 1.54) is 12.1 Å². The summed E-state index contributed by atoms with van der Waals surface area (Å²) in [5.41, 5.74) is 3.54. The lowest BCUT2D eigenvalue weighted by Crippen LogP contribution is -2.19. The molecule has 152 valence electrons. The van der Waals surface area contributed by atoms with Crippen molar-refractivity contribution < 1.29 is 8.42 Å². The van der Waals surface area contributed by atoms with Crippen molar-refractivity contribution in [3.63, 3.8) is 0 Å². The van der Waals surface area contributed by atoms with E-state index in [4.69, 9.17) is 5.14 Å². The molecule has 0 saturated carbocycles. The Morgan fingerprint density at radius 3 is 2.34 bits per heavy atom. The van der Waals surface area contributed by atoms with Gasteiger partial charge in [0, 0.05) is 11.4 Å². The first-order valence-corrected chi connectivity index (χ1v) is 10.9. The molecule has 0 radical (unpaired) electrons. The standard InChI is InChI=1S/C21H24N4O3S/c1-3-7-19-20(21(26)25(24-19)17-8-5-4-6-9-17)15(2)23-14-16-10-12-18(13-11-16)29(22,27)28/h4-6,8-13,24H,3,7,14H2,1-2H3,(H2,22,27,28). The average Bonchev–Trinajstić information content (AvgIpc) is 3.03. The van der Waals surface area contributed by atoms with E-state index in [0.29, 0.717) is 17.8 Å². The smallest absolute Gasteiger partial charge is 0.280 e. The zero-order valence-electron chi connectivity index (χ0n) is 16.4. The highest BCUT2D eigenvalue weighted by Crippen LogP contribution is 2.13. The van der Waals surface area contributed by atoms with E-state index in [9.17, 15) is 13.2 Å². The molecule has 0 atom stereocenters. The Kier molecular flexibility index (Phi) is 6.14. The number of hydrogen-bond donors (Lipinski definition) is 2. The molecule has 3 aromatic rings. The van der Waals surface area contributed by atoms with Gasteiger partial charge >= 0.3 is 0 Å². The van der Waals surface area contributed by atoms with Crippen molar-refractivity contribution in [2.24, 2.45) is 10.1 Å². The molecule has 8 heteroatoms. The molecule has 0 spiro atoms. The van der Waals surface area contributed by atoms with Gasteiger partial charge in [-0.05, 0) is 43.2 Å². The van der Waals surface area contributed by atoms with Crippen LogP contribution in [0.1, 0.15) is 37.1 Å². The van der Waals surface area contributed by atoms with E-state index in [-0.39, 0.29) is 10.5 Å². The molecule has 1 heterocycles. The number of aryl methyl sites for hydroxylation is 1. The van der Waals surface area contributed by atoms with Gasteiger partial charge in [0.25, 0.3) is 5.56 Å². The van der Waals surface area contributed by atoms with Gasteiger partial charge in [0.15, 0.2) is 0 Å². The van der Waals surface area contributed by atoms with Gasteiger partial charge in [0.1, 0.15) is 0 Å². The second-order valence-corrected chi connectivity index (χ2v) is 8.34. The number of para-hydroxylation sites is 1. The topological polar surface area (TPSA) is 110 Å². The molecular formula is C21H24N4O3S. The largest absolute Gasteiger partial charge is 0.294 e. The number of sulfonamides is 1. The second-order valence-electron chi connectivity index (χ2n) is 6.78. The molecule has 29 heavy (non-hydrogen) atoms. The number of aromatic amines is 1. The van der Waals surface area contributed by atoms with Crippen LogP contribution in [0.4, 0.5) is 0 Å².